The van der Waals surface area contributed by atoms with Crippen LogP contribution in [0, 0.1) is 0 Å². The molecular weight excluding hydrogens is 232 g/mol. The third kappa shape index (κ3) is 3.23. The molecule has 0 aromatic heterocycles. The number of rotatable bonds is 5. The molecule has 4 heteroatoms. The number of benzene rings is 1. The van der Waals surface area contributed by atoms with E-state index in [1.165, 1.54) is 10.5 Å². The number of carbonyl (C=O) groups excluding carboxylic acids is 1. The van der Waals surface area contributed by atoms with Crippen molar-refractivity contribution in [3.63, 3.8) is 0 Å². The van der Waals surface area contributed by atoms with Gasteiger partial charge in [-0.25, -0.2) is 0 Å². The molecule has 1 amide bonds. The van der Waals surface area contributed by atoms with Crippen molar-refractivity contribution in [2.75, 3.05) is 12.3 Å². The van der Waals surface area contributed by atoms with Gasteiger partial charge >= 0.3 is 0 Å². The van der Waals surface area contributed by atoms with E-state index in [9.17, 15) is 4.79 Å². The third-order valence-corrected chi connectivity index (χ3v) is 4.27. The van der Waals surface area contributed by atoms with Gasteiger partial charge in [-0.3, -0.25) is 4.79 Å². The maximum absolute atomic E-state index is 10.8. The number of nitrogens with two attached hydrogens (primary N) is 1. The minimum Gasteiger partial charge on any atom is -0.370 e. The number of nitrogens with one attached hydrogen (secondary N) is 1. The van der Waals surface area contributed by atoms with Crippen molar-refractivity contribution in [2.45, 2.75) is 30.2 Å². The molecule has 1 aliphatic heterocycles. The Morgan fingerprint density at radius 3 is 3.12 bits per heavy atom. The molecule has 2 unspecified atom stereocenters. The number of hydrogen-bond donors (Lipinski definition) is 2. The van der Waals surface area contributed by atoms with Gasteiger partial charge in [0.2, 0.25) is 5.91 Å². The number of amides is 1. The average Bonchev–Trinajstić information content (AvgIpc) is 2.69. The maximum atomic E-state index is 10.8. The van der Waals surface area contributed by atoms with E-state index in [0.717, 1.165) is 12.3 Å². The molecule has 3 nitrogen and oxygen atoms in total. The molecule has 1 heterocycles. The minimum atomic E-state index is -0.244. The van der Waals surface area contributed by atoms with Crippen LogP contribution in [0.1, 0.15) is 24.8 Å². The van der Waals surface area contributed by atoms with Gasteiger partial charge in [-0.2, -0.15) is 0 Å². The minimum absolute atomic E-state index is 0.158. The Kier molecular flexibility index (Phi) is 4.07. The summed E-state index contributed by atoms with van der Waals surface area (Å²) >= 11 is 1.91. The zero-order chi connectivity index (χ0) is 12.3. The van der Waals surface area contributed by atoms with Crippen LogP contribution >= 0.6 is 11.8 Å². The van der Waals surface area contributed by atoms with Crippen molar-refractivity contribution in [1.82, 2.24) is 5.32 Å². The van der Waals surface area contributed by atoms with Crippen molar-refractivity contribution in [3.05, 3.63) is 29.8 Å². The van der Waals surface area contributed by atoms with Crippen LogP contribution in [-0.2, 0) is 4.79 Å². The smallest absolute Gasteiger partial charge is 0.218 e. The van der Waals surface area contributed by atoms with Crippen molar-refractivity contribution in [1.29, 1.82) is 0 Å². The normalized spacial score (nSPS) is 19.9. The van der Waals surface area contributed by atoms with E-state index in [4.69, 9.17) is 5.73 Å². The zero-order valence-electron chi connectivity index (χ0n) is 9.98. The largest absolute Gasteiger partial charge is 0.370 e. The summed E-state index contributed by atoms with van der Waals surface area (Å²) in [6.07, 6.45) is 0.404. The first kappa shape index (κ1) is 12.5. The highest BCUT2D eigenvalue weighted by Crippen LogP contribution is 2.38. The summed E-state index contributed by atoms with van der Waals surface area (Å²) in [5, 5.41) is 3.38. The highest BCUT2D eigenvalue weighted by molar-refractivity contribution is 7.99. The maximum Gasteiger partial charge on any atom is 0.218 e. The number of hydrogen-bond acceptors (Lipinski definition) is 3. The van der Waals surface area contributed by atoms with E-state index in [2.05, 4.69) is 29.6 Å². The molecule has 17 heavy (non-hydrogen) atoms. The second-order valence-electron chi connectivity index (χ2n) is 4.53. The molecule has 0 bridgehead atoms. The van der Waals surface area contributed by atoms with E-state index >= 15 is 0 Å². The molecule has 0 fully saturated rings. The Labute approximate surface area is 106 Å². The highest BCUT2D eigenvalue weighted by atomic mass is 32.2. The first-order valence-electron chi connectivity index (χ1n) is 5.90. The third-order valence-electron chi connectivity index (χ3n) is 3.02. The molecule has 3 N–H and O–H groups in total. The summed E-state index contributed by atoms with van der Waals surface area (Å²) in [5.74, 6) is 1.42. The van der Waals surface area contributed by atoms with Gasteiger partial charge in [0, 0.05) is 35.6 Å². The molecule has 0 saturated carbocycles. The number of fused-ring (bicyclic) bond motifs is 1. The van der Waals surface area contributed by atoms with Crippen LogP contribution in [0.4, 0.5) is 0 Å². The molecular formula is C13H18N2OS. The van der Waals surface area contributed by atoms with Gasteiger partial charge in [-0.1, -0.05) is 18.2 Å². The fourth-order valence-electron chi connectivity index (χ4n) is 2.12. The van der Waals surface area contributed by atoms with E-state index in [0.29, 0.717) is 12.3 Å². The van der Waals surface area contributed by atoms with E-state index in [1.807, 2.05) is 18.7 Å². The van der Waals surface area contributed by atoms with Gasteiger partial charge in [0.25, 0.3) is 0 Å². The monoisotopic (exact) mass is 250 g/mol. The molecule has 1 aliphatic rings. The average molecular weight is 250 g/mol. The topological polar surface area (TPSA) is 55.1 Å². The fourth-order valence-corrected chi connectivity index (χ4v) is 3.37. The lowest BCUT2D eigenvalue weighted by atomic mass is 10.0. The summed E-state index contributed by atoms with van der Waals surface area (Å²) in [5.41, 5.74) is 6.60. The Hall–Kier alpha value is -1.00. The molecule has 2 atom stereocenters. The Balaban J connectivity index is 1.87. The quantitative estimate of drug-likeness (QED) is 0.837. The Bertz CT molecular complexity index is 408. The van der Waals surface area contributed by atoms with Crippen LogP contribution in [-0.4, -0.2) is 24.2 Å². The summed E-state index contributed by atoms with van der Waals surface area (Å²) in [7, 11) is 0. The summed E-state index contributed by atoms with van der Waals surface area (Å²) in [6, 6.07) is 8.69. The molecule has 92 valence electrons. The second-order valence-corrected chi connectivity index (χ2v) is 5.59. The van der Waals surface area contributed by atoms with E-state index < -0.39 is 0 Å². The predicted molar refractivity (Wildman–Crippen MR) is 71.2 cm³/mol. The SMILES string of the molecule is CC(CC(N)=O)NCC1CSc2ccccc21. The van der Waals surface area contributed by atoms with Crippen LogP contribution in [0.5, 0.6) is 0 Å². The van der Waals surface area contributed by atoms with Gasteiger partial charge < -0.3 is 11.1 Å². The lowest BCUT2D eigenvalue weighted by molar-refractivity contribution is -0.118. The van der Waals surface area contributed by atoms with Crippen LogP contribution in [0.2, 0.25) is 0 Å². The van der Waals surface area contributed by atoms with Crippen molar-refractivity contribution in [3.8, 4) is 0 Å². The van der Waals surface area contributed by atoms with Gasteiger partial charge in [0.15, 0.2) is 0 Å². The first-order valence-corrected chi connectivity index (χ1v) is 6.89. The second kappa shape index (κ2) is 5.56. The number of primary amides is 1. The van der Waals surface area contributed by atoms with E-state index in [1.54, 1.807) is 0 Å². The van der Waals surface area contributed by atoms with Gasteiger partial charge in [-0.15, -0.1) is 11.8 Å². The molecule has 0 radical (unpaired) electrons. The lowest BCUT2D eigenvalue weighted by Crippen LogP contribution is -2.34. The predicted octanol–water partition coefficient (Wildman–Crippen LogP) is 1.73. The van der Waals surface area contributed by atoms with Crippen LogP contribution < -0.4 is 11.1 Å². The molecule has 0 spiro atoms. The Morgan fingerprint density at radius 2 is 2.35 bits per heavy atom. The summed E-state index contributed by atoms with van der Waals surface area (Å²) in [6.45, 7) is 2.91. The molecule has 1 aromatic carbocycles. The molecule has 2 rings (SSSR count). The van der Waals surface area contributed by atoms with Gasteiger partial charge in [0.05, 0.1) is 0 Å². The number of carbonyl (C=O) groups is 1. The number of thioether (sulfide) groups is 1. The van der Waals surface area contributed by atoms with Crippen molar-refractivity contribution in [2.24, 2.45) is 5.73 Å². The molecule has 1 aromatic rings. The fraction of sp³-hybridized carbons (Fsp3) is 0.462. The van der Waals surface area contributed by atoms with Crippen LogP contribution in [0.15, 0.2) is 29.2 Å². The standard InChI is InChI=1S/C13H18N2OS/c1-9(6-13(14)16)15-7-10-8-17-12-5-3-2-4-11(10)12/h2-5,9-10,15H,6-8H2,1H3,(H2,14,16). The van der Waals surface area contributed by atoms with Crippen LogP contribution in [0.25, 0.3) is 0 Å². The summed E-state index contributed by atoms with van der Waals surface area (Å²) < 4.78 is 0. The lowest BCUT2D eigenvalue weighted by Gasteiger charge is -2.16. The molecule has 0 saturated heterocycles. The Morgan fingerprint density at radius 1 is 1.59 bits per heavy atom. The van der Waals surface area contributed by atoms with Gasteiger partial charge in [0.1, 0.15) is 0 Å². The van der Waals surface area contributed by atoms with Crippen LogP contribution in [0.3, 0.4) is 0 Å². The first-order chi connectivity index (χ1) is 8.16. The zero-order valence-corrected chi connectivity index (χ0v) is 10.8. The van der Waals surface area contributed by atoms with E-state index in [-0.39, 0.29) is 11.9 Å². The van der Waals surface area contributed by atoms with Crippen molar-refractivity contribution < 1.29 is 4.79 Å². The van der Waals surface area contributed by atoms with Crippen molar-refractivity contribution >= 4 is 17.7 Å². The molecule has 0 aliphatic carbocycles. The summed E-state index contributed by atoms with van der Waals surface area (Å²) in [4.78, 5) is 12.2. The highest BCUT2D eigenvalue weighted by Gasteiger charge is 2.22. The van der Waals surface area contributed by atoms with Gasteiger partial charge in [-0.05, 0) is 18.6 Å².